The van der Waals surface area contributed by atoms with Crippen molar-refractivity contribution in [2.75, 3.05) is 46.8 Å². The first-order chi connectivity index (χ1) is 44.8. The molecule has 8 rings (SSSR count). The number of benzene rings is 3. The van der Waals surface area contributed by atoms with Crippen molar-refractivity contribution < 1.29 is 167 Å². The van der Waals surface area contributed by atoms with Crippen molar-refractivity contribution in [2.24, 2.45) is 0 Å². The normalized spacial score (nSPS) is 36.0. The highest BCUT2D eigenvalue weighted by Gasteiger charge is 2.64. The number of methoxy groups -OCH3 is 1. The summed E-state index contributed by atoms with van der Waals surface area (Å²) in [4.78, 5) is 67.5. The van der Waals surface area contributed by atoms with Crippen LogP contribution >= 0.6 is 0 Å². The molecule has 5 heterocycles. The van der Waals surface area contributed by atoms with E-state index in [9.17, 15) is 95.5 Å². The van der Waals surface area contributed by atoms with Gasteiger partial charge in [-0.15, -0.1) is 0 Å². The van der Waals surface area contributed by atoms with Crippen LogP contribution in [-0.2, 0) is 85.5 Å². The molecule has 5 aliphatic rings. The molecule has 34 nitrogen and oxygen atoms in total. The fourth-order valence-corrected chi connectivity index (χ4v) is 10.5. The summed E-state index contributed by atoms with van der Waals surface area (Å²) in [5, 5.41) is 153. The third kappa shape index (κ3) is 17.4. The third-order valence-corrected chi connectivity index (χ3v) is 15.5. The van der Waals surface area contributed by atoms with Gasteiger partial charge < -0.3 is 143 Å². The van der Waals surface area contributed by atoms with E-state index >= 15 is 0 Å². The van der Waals surface area contributed by atoms with E-state index in [4.69, 9.17) is 71.1 Å². The van der Waals surface area contributed by atoms with Gasteiger partial charge in [0.15, 0.2) is 48.9 Å². The van der Waals surface area contributed by atoms with Gasteiger partial charge in [0.2, 0.25) is 5.79 Å². The first kappa shape index (κ1) is 72.9. The van der Waals surface area contributed by atoms with Gasteiger partial charge in [0.25, 0.3) is 0 Å². The lowest BCUT2D eigenvalue weighted by molar-refractivity contribution is -0.423. The van der Waals surface area contributed by atoms with Crippen molar-refractivity contribution in [3.8, 4) is 17.2 Å². The molecule has 3 aromatic rings. The van der Waals surface area contributed by atoms with E-state index in [1.165, 1.54) is 86.0 Å². The van der Waals surface area contributed by atoms with Crippen LogP contribution in [0.15, 0.2) is 84.9 Å². The number of esters is 5. The Kier molecular flexibility index (Phi) is 25.3. The van der Waals surface area contributed by atoms with Gasteiger partial charge in [-0.25, -0.2) is 14.4 Å². The maximum absolute atomic E-state index is 14.4. The second kappa shape index (κ2) is 32.7. The van der Waals surface area contributed by atoms with Crippen LogP contribution < -0.4 is 4.74 Å². The molecule has 0 unspecified atom stereocenters. The highest BCUT2D eigenvalue weighted by Crippen LogP contribution is 2.43. The van der Waals surface area contributed by atoms with Crippen LogP contribution in [0.4, 0.5) is 0 Å². The Morgan fingerprint density at radius 3 is 1.56 bits per heavy atom. The van der Waals surface area contributed by atoms with E-state index in [2.05, 4.69) is 0 Å². The van der Waals surface area contributed by atoms with E-state index in [1.807, 2.05) is 0 Å². The Balaban J connectivity index is 1.29. The lowest BCUT2D eigenvalue weighted by atomic mass is 9.95. The first-order valence-corrected chi connectivity index (χ1v) is 29.1. The Morgan fingerprint density at radius 1 is 0.500 bits per heavy atom. The van der Waals surface area contributed by atoms with Crippen molar-refractivity contribution in [1.29, 1.82) is 0 Å². The number of hydrogen-bond donors (Lipinski definition) is 14. The van der Waals surface area contributed by atoms with Gasteiger partial charge in [-0.3, -0.25) is 9.59 Å². The zero-order valence-electron chi connectivity index (χ0n) is 50.2. The fraction of sp³-hybridized carbons (Fsp3) is 0.550. The summed E-state index contributed by atoms with van der Waals surface area (Å²) in [5.41, 5.74) is 0.420. The molecule has 5 saturated heterocycles. The van der Waals surface area contributed by atoms with Crippen LogP contribution in [0.5, 0.6) is 17.2 Å². The first-order valence-electron chi connectivity index (χ1n) is 29.1. The molecule has 0 aromatic heterocycles. The highest BCUT2D eigenvalue weighted by molar-refractivity contribution is 5.90. The number of phenols is 2. The number of aromatic hydroxyl groups is 2. The monoisotopic (exact) mass is 1340 g/mol. The molecule has 518 valence electrons. The van der Waals surface area contributed by atoms with Gasteiger partial charge in [-0.1, -0.05) is 36.4 Å². The molecule has 0 radical (unpaired) electrons. The molecule has 5 fully saturated rings. The van der Waals surface area contributed by atoms with Gasteiger partial charge >= 0.3 is 29.8 Å². The molecule has 5 aliphatic heterocycles. The van der Waals surface area contributed by atoms with Crippen molar-refractivity contribution in [1.82, 2.24) is 0 Å². The van der Waals surface area contributed by atoms with Gasteiger partial charge in [-0.2, -0.15) is 0 Å². The summed E-state index contributed by atoms with van der Waals surface area (Å²) in [6, 6.07) is 16.4. The standard InChI is InChI=1S/C60H74O34/c1-26(64)81-23-37-50(89-56-47(76)44(73)41(70)34(20-61)84-56)46(75)49(78)58(86-37)90-52-51(88-40(69)18-13-29-11-16-32(67)33(19-29)80-3)38(24-82-27(2)65)87-59(53(52)91-57-48(77)45(74)42(71)35(21-62)85-57)94-60(25-83-39(68)17-12-28-9-14-31(66)15-10-28)54(43(72)36(22-63)93-60)92-55(79)30-7-5-4-6-8-30/h4-19,34-38,41-54,56-59,61-63,66-67,70-78H,20-25H2,1-3H3/b17-12+,18-13-/t34-,35-,36-,37-,38+,41+,42+,43+,44-,45-,46+,47+,48+,49+,50+,51+,52-,53+,54-,56+,57+,58-,59+,60-/m0/s1. The minimum absolute atomic E-state index is 0.0365. The topological polar surface area (TPSA) is 507 Å². The van der Waals surface area contributed by atoms with Crippen molar-refractivity contribution in [3.05, 3.63) is 102 Å². The Hall–Kier alpha value is -6.95. The predicted molar refractivity (Wildman–Crippen MR) is 304 cm³/mol. The van der Waals surface area contributed by atoms with Gasteiger partial charge in [-0.05, 0) is 59.7 Å². The zero-order chi connectivity index (χ0) is 68.3. The molecule has 3 aromatic carbocycles. The molecule has 14 N–H and O–H groups in total. The molecule has 34 heteroatoms. The Bertz CT molecular complexity index is 3060. The number of carbonyl (C=O) groups excluding carboxylic acids is 5. The molecule has 0 aliphatic carbocycles. The summed E-state index contributed by atoms with van der Waals surface area (Å²) in [6.07, 6.45) is -45.4. The number of aliphatic hydroxyl groups is 12. The number of hydrogen-bond acceptors (Lipinski definition) is 34. The van der Waals surface area contributed by atoms with Gasteiger partial charge in [0.1, 0.15) is 129 Å². The molecule has 0 amide bonds. The minimum atomic E-state index is -3.00. The van der Waals surface area contributed by atoms with Crippen LogP contribution in [-0.4, -0.2) is 295 Å². The molecular formula is C60H74O34. The van der Waals surface area contributed by atoms with Gasteiger partial charge in [0, 0.05) is 26.0 Å². The fourth-order valence-electron chi connectivity index (χ4n) is 10.5. The Labute approximate surface area is 533 Å². The number of rotatable bonds is 25. The van der Waals surface area contributed by atoms with E-state index in [-0.39, 0.29) is 28.4 Å². The third-order valence-electron chi connectivity index (χ3n) is 15.5. The van der Waals surface area contributed by atoms with E-state index in [0.29, 0.717) is 5.56 Å². The number of ether oxygens (including phenoxy) is 15. The largest absolute Gasteiger partial charge is 0.508 e. The van der Waals surface area contributed by atoms with Crippen LogP contribution in [0, 0.1) is 0 Å². The average molecular weight is 1340 g/mol. The SMILES string of the molecule is COc1cc(/C=C\C(=O)O[C@H]2[C@H](O[C@@H]3O[C@@H](COC(C)=O)[C@@H](O[C@H]4O[C@@H](CO)[C@@H](O)[C@H](O)[C@H]4O)[C@H](O)[C@H]3O)[C@@H](O[C@H]3O[C@@H](CO)[C@@H](O)[C@H](O)[C@H]3O)[C@@H](O[C@]3(COC(=O)/C=C/c4ccc(O)cc4)O[C@@H](CO)[C@@H](O)[C@@H]3OC(=O)c3ccccc3)O[C@@H]2COC(C)=O)ccc1O. The molecular weight excluding hydrogens is 1260 g/mol. The minimum Gasteiger partial charge on any atom is -0.508 e. The lowest BCUT2D eigenvalue weighted by Gasteiger charge is -2.51. The summed E-state index contributed by atoms with van der Waals surface area (Å²) >= 11 is 0. The van der Waals surface area contributed by atoms with Crippen LogP contribution in [0.2, 0.25) is 0 Å². The van der Waals surface area contributed by atoms with E-state index < -0.39 is 216 Å². The average Bonchev–Trinajstić information content (AvgIpc) is 1.34. The molecule has 24 atom stereocenters. The maximum atomic E-state index is 14.4. The summed E-state index contributed by atoms with van der Waals surface area (Å²) in [5.74, 6) is -9.18. The molecule has 0 bridgehead atoms. The molecule has 0 spiro atoms. The number of aliphatic hydroxyl groups excluding tert-OH is 12. The van der Waals surface area contributed by atoms with E-state index in [0.717, 1.165) is 26.0 Å². The summed E-state index contributed by atoms with van der Waals surface area (Å²) in [6.45, 7) is -4.45. The van der Waals surface area contributed by atoms with Crippen LogP contribution in [0.3, 0.4) is 0 Å². The summed E-state index contributed by atoms with van der Waals surface area (Å²) in [7, 11) is 1.25. The number of carbonyl (C=O) groups is 5. The molecule has 0 saturated carbocycles. The lowest BCUT2D eigenvalue weighted by Crippen LogP contribution is -2.69. The van der Waals surface area contributed by atoms with Crippen molar-refractivity contribution in [2.45, 2.75) is 161 Å². The quantitative estimate of drug-likeness (QED) is 0.0215. The van der Waals surface area contributed by atoms with E-state index in [1.54, 1.807) is 6.07 Å². The number of phenolic OH excluding ortho intramolecular Hbond substituents is 2. The Morgan fingerprint density at radius 2 is 1.00 bits per heavy atom. The second-order valence-electron chi connectivity index (χ2n) is 22.0. The summed E-state index contributed by atoms with van der Waals surface area (Å²) < 4.78 is 89.0. The van der Waals surface area contributed by atoms with Crippen molar-refractivity contribution in [3.63, 3.8) is 0 Å². The zero-order valence-corrected chi connectivity index (χ0v) is 50.2. The highest BCUT2D eigenvalue weighted by atomic mass is 16.8. The van der Waals surface area contributed by atoms with Crippen LogP contribution in [0.1, 0.15) is 35.3 Å². The van der Waals surface area contributed by atoms with Crippen molar-refractivity contribution >= 4 is 42.0 Å². The predicted octanol–water partition coefficient (Wildman–Crippen LogP) is -4.97. The van der Waals surface area contributed by atoms with Gasteiger partial charge in [0.05, 0.1) is 32.5 Å². The maximum Gasteiger partial charge on any atom is 0.338 e. The smallest absolute Gasteiger partial charge is 0.338 e. The second-order valence-corrected chi connectivity index (χ2v) is 22.0. The van der Waals surface area contributed by atoms with Crippen LogP contribution in [0.25, 0.3) is 12.2 Å². The molecule has 94 heavy (non-hydrogen) atoms.